The molecule has 0 spiro atoms. The molecular formula is C12H21N. The second-order valence-electron chi connectivity index (χ2n) is 5.77. The van der Waals surface area contributed by atoms with Crippen molar-refractivity contribution < 1.29 is 0 Å². The second-order valence-corrected chi connectivity index (χ2v) is 5.77. The Balaban J connectivity index is 1.90. The molecule has 0 unspecified atom stereocenters. The highest BCUT2D eigenvalue weighted by molar-refractivity contribution is 5.01. The van der Waals surface area contributed by atoms with E-state index in [4.69, 9.17) is 5.73 Å². The Morgan fingerprint density at radius 3 is 2.54 bits per heavy atom. The summed E-state index contributed by atoms with van der Waals surface area (Å²) >= 11 is 0. The number of hydrogen-bond acceptors (Lipinski definition) is 1. The fraction of sp³-hybridized carbons (Fsp3) is 1.00. The minimum Gasteiger partial charge on any atom is -0.328 e. The van der Waals surface area contributed by atoms with Crippen molar-refractivity contribution in [1.82, 2.24) is 0 Å². The van der Waals surface area contributed by atoms with Crippen LogP contribution in [-0.2, 0) is 0 Å². The Kier molecular flexibility index (Phi) is 1.74. The van der Waals surface area contributed by atoms with Crippen LogP contribution in [0, 0.1) is 29.6 Å². The summed E-state index contributed by atoms with van der Waals surface area (Å²) < 4.78 is 0. The predicted octanol–water partition coefficient (Wildman–Crippen LogP) is 2.41. The van der Waals surface area contributed by atoms with E-state index in [2.05, 4.69) is 6.92 Å². The fourth-order valence-electron chi connectivity index (χ4n) is 4.76. The fourth-order valence-corrected chi connectivity index (χ4v) is 4.76. The van der Waals surface area contributed by atoms with Gasteiger partial charge in [0, 0.05) is 6.04 Å². The summed E-state index contributed by atoms with van der Waals surface area (Å²) in [5, 5.41) is 0. The molecule has 0 saturated heterocycles. The normalized spacial score (nSPS) is 55.4. The molecule has 13 heavy (non-hydrogen) atoms. The van der Waals surface area contributed by atoms with Crippen molar-refractivity contribution in [2.24, 2.45) is 35.3 Å². The first-order valence-electron chi connectivity index (χ1n) is 6.01. The predicted molar refractivity (Wildman–Crippen MR) is 54.2 cm³/mol. The molecule has 0 aromatic heterocycles. The number of rotatable bonds is 1. The van der Waals surface area contributed by atoms with Crippen molar-refractivity contribution in [2.75, 3.05) is 0 Å². The minimum absolute atomic E-state index is 0.455. The van der Waals surface area contributed by atoms with Crippen LogP contribution in [0.2, 0.25) is 0 Å². The zero-order valence-electron chi connectivity index (χ0n) is 8.58. The van der Waals surface area contributed by atoms with E-state index in [1.165, 1.54) is 25.7 Å². The maximum absolute atomic E-state index is 6.14. The monoisotopic (exact) mass is 179 g/mol. The molecule has 2 N–H and O–H groups in total. The third kappa shape index (κ3) is 1.09. The van der Waals surface area contributed by atoms with Crippen LogP contribution in [0.3, 0.4) is 0 Å². The highest BCUT2D eigenvalue weighted by Gasteiger charge is 2.50. The Bertz CT molecular complexity index is 211. The van der Waals surface area contributed by atoms with Gasteiger partial charge in [-0.25, -0.2) is 0 Å². The molecule has 0 heterocycles. The number of nitrogens with two attached hydrogens (primary N) is 1. The molecule has 3 bridgehead atoms. The lowest BCUT2D eigenvalue weighted by molar-refractivity contribution is 0.0663. The van der Waals surface area contributed by atoms with Gasteiger partial charge in [-0.2, -0.15) is 0 Å². The summed E-state index contributed by atoms with van der Waals surface area (Å²) in [6.07, 6.45) is 7.59. The van der Waals surface area contributed by atoms with Crippen LogP contribution in [0.1, 0.15) is 39.0 Å². The SMILES string of the molecule is C[C@@H](N)[C@@H]1[C@@H]2CC[C@H]3C[C@@H](C2)C[C@@H]31. The third-order valence-corrected chi connectivity index (χ3v) is 5.04. The first kappa shape index (κ1) is 8.28. The largest absolute Gasteiger partial charge is 0.328 e. The van der Waals surface area contributed by atoms with Gasteiger partial charge in [0.2, 0.25) is 0 Å². The molecule has 0 amide bonds. The topological polar surface area (TPSA) is 26.0 Å². The van der Waals surface area contributed by atoms with Crippen molar-refractivity contribution >= 4 is 0 Å². The van der Waals surface area contributed by atoms with E-state index in [9.17, 15) is 0 Å². The molecule has 3 aliphatic rings. The molecule has 0 radical (unpaired) electrons. The molecule has 0 aromatic rings. The van der Waals surface area contributed by atoms with Crippen LogP contribution < -0.4 is 5.73 Å². The van der Waals surface area contributed by atoms with Gasteiger partial charge in [-0.1, -0.05) is 0 Å². The summed E-state index contributed by atoms with van der Waals surface area (Å²) in [6, 6.07) is 0.455. The van der Waals surface area contributed by atoms with E-state index < -0.39 is 0 Å². The molecule has 3 fully saturated rings. The van der Waals surface area contributed by atoms with Crippen LogP contribution in [-0.4, -0.2) is 6.04 Å². The van der Waals surface area contributed by atoms with Crippen LogP contribution in [0.15, 0.2) is 0 Å². The van der Waals surface area contributed by atoms with Crippen molar-refractivity contribution in [3.05, 3.63) is 0 Å². The summed E-state index contributed by atoms with van der Waals surface area (Å²) in [5.41, 5.74) is 6.14. The smallest absolute Gasteiger partial charge is 0.00441 e. The van der Waals surface area contributed by atoms with Gasteiger partial charge in [-0.15, -0.1) is 0 Å². The molecule has 1 nitrogen and oxygen atoms in total. The van der Waals surface area contributed by atoms with E-state index in [1.807, 2.05) is 0 Å². The standard InChI is InChI=1S/C12H21N/c1-7(13)12-10-3-2-9-4-8(5-10)6-11(9)12/h7-12H,2-6,13H2,1H3/t7-,8+,9+,10-,11+,12-/m1/s1. The van der Waals surface area contributed by atoms with Gasteiger partial charge in [-0.3, -0.25) is 0 Å². The molecular weight excluding hydrogens is 158 g/mol. The van der Waals surface area contributed by atoms with Gasteiger partial charge in [0.1, 0.15) is 0 Å². The zero-order chi connectivity index (χ0) is 9.00. The van der Waals surface area contributed by atoms with E-state index >= 15 is 0 Å². The number of hydrogen-bond donors (Lipinski definition) is 1. The molecule has 0 aliphatic heterocycles. The summed E-state index contributed by atoms with van der Waals surface area (Å²) in [6.45, 7) is 2.23. The van der Waals surface area contributed by atoms with Crippen molar-refractivity contribution in [2.45, 2.75) is 45.1 Å². The lowest BCUT2D eigenvalue weighted by Crippen LogP contribution is -2.43. The van der Waals surface area contributed by atoms with E-state index in [-0.39, 0.29) is 0 Å². The van der Waals surface area contributed by atoms with Crippen LogP contribution in [0.4, 0.5) is 0 Å². The summed E-state index contributed by atoms with van der Waals surface area (Å²) in [7, 11) is 0. The van der Waals surface area contributed by atoms with Gasteiger partial charge in [0.15, 0.2) is 0 Å². The molecule has 3 saturated carbocycles. The first-order chi connectivity index (χ1) is 6.25. The van der Waals surface area contributed by atoms with Crippen molar-refractivity contribution in [3.8, 4) is 0 Å². The van der Waals surface area contributed by atoms with Crippen molar-refractivity contribution in [3.63, 3.8) is 0 Å². The lowest BCUT2D eigenvalue weighted by Gasteiger charge is -2.44. The van der Waals surface area contributed by atoms with Gasteiger partial charge in [0.25, 0.3) is 0 Å². The highest BCUT2D eigenvalue weighted by Crippen LogP contribution is 2.58. The average Bonchev–Trinajstić information content (AvgIpc) is 2.27. The van der Waals surface area contributed by atoms with E-state index in [1.54, 1.807) is 6.42 Å². The lowest BCUT2D eigenvalue weighted by atomic mass is 9.62. The number of fused-ring (bicyclic) bond motifs is 2. The van der Waals surface area contributed by atoms with Gasteiger partial charge in [-0.05, 0) is 68.6 Å². The van der Waals surface area contributed by atoms with E-state index in [0.29, 0.717) is 6.04 Å². The molecule has 74 valence electrons. The van der Waals surface area contributed by atoms with Crippen molar-refractivity contribution in [1.29, 1.82) is 0 Å². The molecule has 3 rings (SSSR count). The quantitative estimate of drug-likeness (QED) is 0.657. The van der Waals surface area contributed by atoms with E-state index in [0.717, 1.165) is 29.6 Å². The average molecular weight is 179 g/mol. The maximum Gasteiger partial charge on any atom is 0.00441 e. The van der Waals surface area contributed by atoms with Gasteiger partial charge < -0.3 is 5.73 Å². The van der Waals surface area contributed by atoms with Crippen LogP contribution in [0.5, 0.6) is 0 Å². The molecule has 6 atom stereocenters. The Morgan fingerprint density at radius 1 is 1.08 bits per heavy atom. The summed E-state index contributed by atoms with van der Waals surface area (Å²) in [4.78, 5) is 0. The minimum atomic E-state index is 0.455. The summed E-state index contributed by atoms with van der Waals surface area (Å²) in [5.74, 6) is 5.08. The second kappa shape index (κ2) is 2.73. The molecule has 1 heteroatoms. The highest BCUT2D eigenvalue weighted by atomic mass is 14.7. The van der Waals surface area contributed by atoms with Crippen LogP contribution in [0.25, 0.3) is 0 Å². The first-order valence-corrected chi connectivity index (χ1v) is 6.01. The Morgan fingerprint density at radius 2 is 1.77 bits per heavy atom. The third-order valence-electron chi connectivity index (χ3n) is 5.04. The Labute approximate surface area is 81.1 Å². The zero-order valence-corrected chi connectivity index (χ0v) is 8.58. The molecule has 0 aromatic carbocycles. The van der Waals surface area contributed by atoms with Gasteiger partial charge in [0.05, 0.1) is 0 Å². The maximum atomic E-state index is 6.14. The Hall–Kier alpha value is -0.0400. The van der Waals surface area contributed by atoms with Gasteiger partial charge >= 0.3 is 0 Å². The molecule has 3 aliphatic carbocycles. The van der Waals surface area contributed by atoms with Crippen LogP contribution >= 0.6 is 0 Å².